The van der Waals surface area contributed by atoms with Crippen molar-refractivity contribution in [1.29, 1.82) is 0 Å². The summed E-state index contributed by atoms with van der Waals surface area (Å²) in [5.74, 6) is -5.00. The van der Waals surface area contributed by atoms with Gasteiger partial charge in [0.1, 0.15) is 23.2 Å². The van der Waals surface area contributed by atoms with Crippen LogP contribution in [0.4, 0.5) is 18.9 Å². The fourth-order valence-corrected chi connectivity index (χ4v) is 8.35. The molecule has 1 unspecified atom stereocenters. The Morgan fingerprint density at radius 3 is 2.26 bits per heavy atom. The Balaban J connectivity index is 1.27. The summed E-state index contributed by atoms with van der Waals surface area (Å²) < 4.78 is 84.0. The van der Waals surface area contributed by atoms with Crippen molar-refractivity contribution >= 4 is 25.3 Å². The van der Waals surface area contributed by atoms with Gasteiger partial charge in [0.05, 0.1) is 37.4 Å². The van der Waals surface area contributed by atoms with E-state index in [1.54, 1.807) is 13.8 Å². The molecule has 0 bridgehead atoms. The van der Waals surface area contributed by atoms with Crippen LogP contribution in [0.2, 0.25) is 0 Å². The number of hydrogen-bond acceptors (Lipinski definition) is 10. The molecule has 2 aliphatic rings. The highest BCUT2D eigenvalue weighted by atomic mass is 31.2. The zero-order chi connectivity index (χ0) is 41.4. The number of rotatable bonds is 16. The Kier molecular flexibility index (Phi) is 12.3. The number of ether oxygens (including phenoxy) is 1. The van der Waals surface area contributed by atoms with E-state index in [0.717, 1.165) is 18.2 Å². The summed E-state index contributed by atoms with van der Waals surface area (Å²) in [4.78, 5) is 32.5. The summed E-state index contributed by atoms with van der Waals surface area (Å²) in [5.41, 5.74) is 0.896. The molecule has 1 aliphatic carbocycles. The van der Waals surface area contributed by atoms with Gasteiger partial charge in [-0.1, -0.05) is 27.7 Å². The van der Waals surface area contributed by atoms with Crippen molar-refractivity contribution in [1.82, 2.24) is 29.9 Å². The lowest BCUT2D eigenvalue weighted by Gasteiger charge is -2.38. The second-order valence-electron chi connectivity index (χ2n) is 15.8. The van der Waals surface area contributed by atoms with Crippen LogP contribution in [-0.2, 0) is 29.7 Å². The zero-order valence-corrected chi connectivity index (χ0v) is 34.2. The normalized spacial score (nSPS) is 16.6. The van der Waals surface area contributed by atoms with Gasteiger partial charge in [0.2, 0.25) is 5.91 Å². The van der Waals surface area contributed by atoms with E-state index in [2.05, 4.69) is 25.8 Å². The minimum atomic E-state index is -3.96. The van der Waals surface area contributed by atoms with Crippen molar-refractivity contribution in [2.45, 2.75) is 93.0 Å². The molecule has 14 nitrogen and oxygen atoms in total. The van der Waals surface area contributed by atoms with Gasteiger partial charge in [0.25, 0.3) is 5.91 Å². The quantitative estimate of drug-likeness (QED) is 0.107. The first kappa shape index (κ1) is 42.0. The summed E-state index contributed by atoms with van der Waals surface area (Å²) >= 11 is 0. The van der Waals surface area contributed by atoms with Gasteiger partial charge < -0.3 is 15.4 Å². The molecule has 6 rings (SSSR count). The molecular weight excluding hydrogens is 766 g/mol. The number of phosphoric acid groups is 1. The first-order valence-electron chi connectivity index (χ1n) is 18.9. The largest absolute Gasteiger partial charge is 0.493 e. The number of hydrogen-bond donors (Lipinski definition) is 2. The Hall–Kier alpha value is -4.57. The predicted octanol–water partition coefficient (Wildman–Crippen LogP) is 7.88. The van der Waals surface area contributed by atoms with Crippen molar-refractivity contribution in [2.75, 3.05) is 25.1 Å². The van der Waals surface area contributed by atoms with Gasteiger partial charge in [0.15, 0.2) is 24.2 Å². The highest BCUT2D eigenvalue weighted by Crippen LogP contribution is 2.61. The molecule has 4 heterocycles. The lowest BCUT2D eigenvalue weighted by Crippen LogP contribution is -2.52. The maximum Gasteiger partial charge on any atom is 0.476 e. The van der Waals surface area contributed by atoms with Crippen LogP contribution in [0.25, 0.3) is 11.3 Å². The number of carbonyl (C=O) groups excluding carboxylic acids is 2. The molecule has 2 amide bonds. The molecule has 4 aromatic rings. The van der Waals surface area contributed by atoms with E-state index >= 15 is 4.39 Å². The van der Waals surface area contributed by atoms with E-state index in [1.165, 1.54) is 27.8 Å². The Morgan fingerprint density at radius 1 is 0.982 bits per heavy atom. The van der Waals surface area contributed by atoms with Crippen LogP contribution in [0.1, 0.15) is 93.8 Å². The Morgan fingerprint density at radius 2 is 1.65 bits per heavy atom. The molecule has 2 atom stereocenters. The lowest BCUT2D eigenvalue weighted by atomic mass is 9.75. The number of halogens is 3. The SMILES string of the molecule is Cc1nn(COP(=O)(OCC(C)C)OCC(C)C)c(C)c1-c1ncc(NC(=O)[C@@H](NC(=O)c2ccnn2C(C)C)C2c3cc(F)c(F)cc3OCC23CC3)cc1F. The third-order valence-electron chi connectivity index (χ3n) is 9.95. The van der Waals surface area contributed by atoms with Crippen molar-refractivity contribution in [2.24, 2.45) is 17.3 Å². The zero-order valence-electron chi connectivity index (χ0n) is 33.3. The van der Waals surface area contributed by atoms with Crippen LogP contribution < -0.4 is 15.4 Å². The number of aryl methyl sites for hydroxylation is 1. The third-order valence-corrected chi connectivity index (χ3v) is 11.3. The average Bonchev–Trinajstić information content (AvgIpc) is 3.61. The number of nitrogens with one attached hydrogen (secondary N) is 2. The Bertz CT molecular complexity index is 2170. The number of anilines is 1. The van der Waals surface area contributed by atoms with Crippen LogP contribution in [0.15, 0.2) is 36.7 Å². The average molecular weight is 816 g/mol. The summed E-state index contributed by atoms with van der Waals surface area (Å²) in [6.45, 7) is 14.7. The number of fused-ring (bicyclic) bond motifs is 1. The van der Waals surface area contributed by atoms with Gasteiger partial charge in [0, 0.05) is 52.5 Å². The van der Waals surface area contributed by atoms with E-state index in [0.29, 0.717) is 29.8 Å². The molecule has 2 N–H and O–H groups in total. The minimum absolute atomic E-state index is 0.0216. The first-order valence-corrected chi connectivity index (χ1v) is 20.4. The van der Waals surface area contributed by atoms with E-state index in [4.69, 9.17) is 18.3 Å². The van der Waals surface area contributed by atoms with E-state index in [-0.39, 0.29) is 72.8 Å². The summed E-state index contributed by atoms with van der Waals surface area (Å²) in [5, 5.41) is 14.2. The second-order valence-corrected chi connectivity index (χ2v) is 17.5. The molecule has 1 aliphatic heterocycles. The molecule has 1 spiro atoms. The smallest absolute Gasteiger partial charge is 0.476 e. The van der Waals surface area contributed by atoms with Crippen LogP contribution in [0.5, 0.6) is 5.75 Å². The van der Waals surface area contributed by atoms with Gasteiger partial charge in [-0.05, 0) is 64.5 Å². The van der Waals surface area contributed by atoms with Gasteiger partial charge in [-0.2, -0.15) is 10.2 Å². The standard InChI is InChI=1S/C39H49F3N7O7P/c1-21(2)17-54-57(52,55-18-22(3)4)56-20-48-25(8)33(24(7)47-48)35-30(42)13-26(16-43-35)45-38(51)36(46-37(50)31-9-12-44-49(31)23(5)6)34-27-14-28(40)29(41)15-32(27)53-19-39(34)10-11-39/h9,12-16,21-23,34,36H,10-11,17-20H2,1-8H3,(H,45,51)(H,46,50)/t34?,36-/m0/s1. The number of carbonyl (C=O) groups is 2. The summed E-state index contributed by atoms with van der Waals surface area (Å²) in [6.07, 6.45) is 3.95. The molecule has 1 aromatic carbocycles. The topological polar surface area (TPSA) is 161 Å². The van der Waals surface area contributed by atoms with E-state index in [1.807, 2.05) is 41.5 Å². The van der Waals surface area contributed by atoms with Crippen LogP contribution >= 0.6 is 7.82 Å². The molecule has 3 aromatic heterocycles. The lowest BCUT2D eigenvalue weighted by molar-refractivity contribution is -0.119. The number of phosphoric ester groups is 1. The maximum atomic E-state index is 16.0. The predicted molar refractivity (Wildman–Crippen MR) is 204 cm³/mol. The molecule has 1 saturated carbocycles. The minimum Gasteiger partial charge on any atom is -0.493 e. The van der Waals surface area contributed by atoms with Gasteiger partial charge in [-0.15, -0.1) is 0 Å². The van der Waals surface area contributed by atoms with Crippen LogP contribution in [0, 0.1) is 48.5 Å². The second kappa shape index (κ2) is 16.7. The van der Waals surface area contributed by atoms with Gasteiger partial charge in [-0.3, -0.25) is 32.8 Å². The van der Waals surface area contributed by atoms with E-state index in [9.17, 15) is 22.9 Å². The van der Waals surface area contributed by atoms with Gasteiger partial charge >= 0.3 is 7.82 Å². The molecule has 308 valence electrons. The molecule has 57 heavy (non-hydrogen) atoms. The number of nitrogens with zero attached hydrogens (tertiary/aromatic N) is 5. The fourth-order valence-electron chi connectivity index (χ4n) is 6.92. The number of benzene rings is 1. The van der Waals surface area contributed by atoms with Crippen molar-refractivity contribution in [3.8, 4) is 17.0 Å². The van der Waals surface area contributed by atoms with Crippen molar-refractivity contribution < 1.29 is 45.6 Å². The molecule has 0 radical (unpaired) electrons. The highest BCUT2D eigenvalue weighted by molar-refractivity contribution is 7.48. The highest BCUT2D eigenvalue weighted by Gasteiger charge is 2.58. The van der Waals surface area contributed by atoms with Crippen LogP contribution in [0.3, 0.4) is 0 Å². The number of pyridine rings is 1. The fraction of sp³-hybridized carbons (Fsp3) is 0.513. The molecular formula is C39H49F3N7O7P. The summed E-state index contributed by atoms with van der Waals surface area (Å²) in [7, 11) is -3.96. The van der Waals surface area contributed by atoms with E-state index < -0.39 is 54.5 Å². The monoisotopic (exact) mass is 815 g/mol. The maximum absolute atomic E-state index is 16.0. The number of amides is 2. The van der Waals surface area contributed by atoms with Gasteiger partial charge in [-0.25, -0.2) is 22.4 Å². The molecule has 18 heteroatoms. The Labute approximate surface area is 329 Å². The van der Waals surface area contributed by atoms with Crippen molar-refractivity contribution in [3.05, 3.63) is 76.8 Å². The summed E-state index contributed by atoms with van der Waals surface area (Å²) in [6, 6.07) is 3.03. The number of aromatic nitrogens is 5. The first-order chi connectivity index (χ1) is 26.9. The third kappa shape index (κ3) is 9.11. The van der Waals surface area contributed by atoms with Crippen LogP contribution in [-0.4, -0.2) is 62.2 Å². The van der Waals surface area contributed by atoms with Crippen molar-refractivity contribution in [3.63, 3.8) is 0 Å². The molecule has 1 fully saturated rings. The molecule has 0 saturated heterocycles.